The molecule has 1 aromatic carbocycles. The number of rotatable bonds is 3. The summed E-state index contributed by atoms with van der Waals surface area (Å²) in [6.07, 6.45) is 7.11. The molecule has 0 aromatic heterocycles. The van der Waals surface area contributed by atoms with Crippen LogP contribution in [0.1, 0.15) is 70.0 Å². The molecule has 2 aliphatic rings. The van der Waals surface area contributed by atoms with E-state index in [9.17, 15) is 0 Å². The molecule has 2 heteroatoms. The van der Waals surface area contributed by atoms with Crippen molar-refractivity contribution in [2.24, 2.45) is 5.92 Å². The minimum absolute atomic E-state index is 0.244. The summed E-state index contributed by atoms with van der Waals surface area (Å²) >= 11 is 0. The predicted molar refractivity (Wildman–Crippen MR) is 98.9 cm³/mol. The summed E-state index contributed by atoms with van der Waals surface area (Å²) in [5.41, 5.74) is 3.24. The summed E-state index contributed by atoms with van der Waals surface area (Å²) in [6.45, 7) is 11.6. The minimum Gasteiger partial charge on any atom is -0.314 e. The van der Waals surface area contributed by atoms with Gasteiger partial charge in [-0.05, 0) is 35.3 Å². The lowest BCUT2D eigenvalue weighted by Crippen LogP contribution is -2.47. The first-order valence-electron chi connectivity index (χ1n) is 9.61. The van der Waals surface area contributed by atoms with Gasteiger partial charge in [0.1, 0.15) is 0 Å². The predicted octanol–water partition coefficient (Wildman–Crippen LogP) is 4.51. The van der Waals surface area contributed by atoms with E-state index >= 15 is 0 Å². The van der Waals surface area contributed by atoms with Gasteiger partial charge in [0.25, 0.3) is 0 Å². The van der Waals surface area contributed by atoms with Gasteiger partial charge in [-0.15, -0.1) is 0 Å². The fourth-order valence-electron chi connectivity index (χ4n) is 4.37. The van der Waals surface area contributed by atoms with Gasteiger partial charge in [-0.1, -0.05) is 64.3 Å². The Balaban J connectivity index is 1.84. The van der Waals surface area contributed by atoms with Crippen LogP contribution in [0.3, 0.4) is 0 Å². The first-order valence-corrected chi connectivity index (χ1v) is 9.61. The SMILES string of the molecule is CC(C)(C)c1ccc([C@H](C2CCCCC2)N2CCNCC2)cc1. The Labute approximate surface area is 142 Å². The lowest BCUT2D eigenvalue weighted by Gasteiger charge is -2.41. The van der Waals surface area contributed by atoms with E-state index in [2.05, 4.69) is 55.3 Å². The molecule has 0 amide bonds. The summed E-state index contributed by atoms with van der Waals surface area (Å²) in [5.74, 6) is 0.849. The average Bonchev–Trinajstić information content (AvgIpc) is 2.57. The van der Waals surface area contributed by atoms with E-state index in [0.29, 0.717) is 6.04 Å². The summed E-state index contributed by atoms with van der Waals surface area (Å²) in [4.78, 5) is 2.75. The maximum atomic E-state index is 3.51. The highest BCUT2D eigenvalue weighted by molar-refractivity contribution is 5.30. The van der Waals surface area contributed by atoms with Crippen molar-refractivity contribution in [1.82, 2.24) is 10.2 Å². The van der Waals surface area contributed by atoms with Crippen LogP contribution in [0.25, 0.3) is 0 Å². The van der Waals surface area contributed by atoms with E-state index in [4.69, 9.17) is 0 Å². The van der Waals surface area contributed by atoms with Crippen molar-refractivity contribution in [2.45, 2.75) is 64.3 Å². The van der Waals surface area contributed by atoms with Crippen LogP contribution >= 0.6 is 0 Å². The van der Waals surface area contributed by atoms with Crippen molar-refractivity contribution in [1.29, 1.82) is 0 Å². The smallest absolute Gasteiger partial charge is 0.0377 e. The normalized spacial score (nSPS) is 22.9. The summed E-state index contributed by atoms with van der Waals surface area (Å²) in [5, 5.41) is 3.51. The minimum atomic E-state index is 0.244. The molecule has 0 bridgehead atoms. The molecule has 128 valence electrons. The average molecular weight is 315 g/mol. The number of nitrogens with one attached hydrogen (secondary N) is 1. The van der Waals surface area contributed by atoms with Gasteiger partial charge in [-0.3, -0.25) is 4.90 Å². The van der Waals surface area contributed by atoms with Crippen molar-refractivity contribution in [3.8, 4) is 0 Å². The zero-order valence-electron chi connectivity index (χ0n) is 15.3. The number of piperazine rings is 1. The number of benzene rings is 1. The van der Waals surface area contributed by atoms with Crippen LogP contribution in [0.5, 0.6) is 0 Å². The lowest BCUT2D eigenvalue weighted by atomic mass is 9.79. The molecule has 1 saturated heterocycles. The van der Waals surface area contributed by atoms with Gasteiger partial charge in [0.05, 0.1) is 0 Å². The van der Waals surface area contributed by atoms with Gasteiger partial charge < -0.3 is 5.32 Å². The zero-order valence-corrected chi connectivity index (χ0v) is 15.3. The molecule has 1 aromatic rings. The summed E-state index contributed by atoms with van der Waals surface area (Å²) in [7, 11) is 0. The van der Waals surface area contributed by atoms with Gasteiger partial charge in [-0.25, -0.2) is 0 Å². The Morgan fingerprint density at radius 2 is 1.57 bits per heavy atom. The molecule has 2 nitrogen and oxygen atoms in total. The van der Waals surface area contributed by atoms with E-state index in [1.54, 1.807) is 5.56 Å². The Bertz CT molecular complexity index is 456. The van der Waals surface area contributed by atoms with Crippen molar-refractivity contribution in [2.75, 3.05) is 26.2 Å². The van der Waals surface area contributed by atoms with E-state index < -0.39 is 0 Å². The molecule has 0 spiro atoms. The van der Waals surface area contributed by atoms with Crippen LogP contribution in [0.15, 0.2) is 24.3 Å². The van der Waals surface area contributed by atoms with Crippen LogP contribution in [0, 0.1) is 5.92 Å². The monoisotopic (exact) mass is 314 g/mol. The zero-order chi connectivity index (χ0) is 16.3. The quantitative estimate of drug-likeness (QED) is 0.883. The lowest BCUT2D eigenvalue weighted by molar-refractivity contribution is 0.103. The maximum absolute atomic E-state index is 3.51. The summed E-state index contributed by atoms with van der Waals surface area (Å²) in [6, 6.07) is 10.2. The second-order valence-corrected chi connectivity index (χ2v) is 8.50. The molecule has 0 unspecified atom stereocenters. The molecule has 1 aliphatic carbocycles. The van der Waals surface area contributed by atoms with Gasteiger partial charge in [0.15, 0.2) is 0 Å². The van der Waals surface area contributed by atoms with Crippen LogP contribution in [-0.4, -0.2) is 31.1 Å². The molecular formula is C21H34N2. The van der Waals surface area contributed by atoms with Gasteiger partial charge >= 0.3 is 0 Å². The molecule has 1 atom stereocenters. The fourth-order valence-corrected chi connectivity index (χ4v) is 4.37. The van der Waals surface area contributed by atoms with Crippen LogP contribution in [-0.2, 0) is 5.41 Å². The van der Waals surface area contributed by atoms with Gasteiger partial charge in [-0.2, -0.15) is 0 Å². The van der Waals surface area contributed by atoms with Crippen LogP contribution in [0.2, 0.25) is 0 Å². The Kier molecular flexibility index (Phi) is 5.43. The van der Waals surface area contributed by atoms with Crippen molar-refractivity contribution < 1.29 is 0 Å². The molecule has 1 N–H and O–H groups in total. The van der Waals surface area contributed by atoms with Crippen molar-refractivity contribution >= 4 is 0 Å². The molecule has 23 heavy (non-hydrogen) atoms. The Morgan fingerprint density at radius 3 is 2.13 bits per heavy atom. The van der Waals surface area contributed by atoms with E-state index in [0.717, 1.165) is 19.0 Å². The Morgan fingerprint density at radius 1 is 0.957 bits per heavy atom. The van der Waals surface area contributed by atoms with E-state index in [1.807, 2.05) is 0 Å². The maximum Gasteiger partial charge on any atom is 0.0377 e. The van der Waals surface area contributed by atoms with Gasteiger partial charge in [0.2, 0.25) is 0 Å². The van der Waals surface area contributed by atoms with Crippen molar-refractivity contribution in [3.63, 3.8) is 0 Å². The molecule has 1 heterocycles. The number of hydrogen-bond donors (Lipinski definition) is 1. The standard InChI is InChI=1S/C21H34N2/c1-21(2,3)19-11-9-18(10-12-19)20(17-7-5-4-6-8-17)23-15-13-22-14-16-23/h9-12,17,20,22H,4-8,13-16H2,1-3H3/t20-/m0/s1. The highest BCUT2D eigenvalue weighted by atomic mass is 15.2. The fraction of sp³-hybridized carbons (Fsp3) is 0.714. The third-order valence-electron chi connectivity index (χ3n) is 5.76. The Hall–Kier alpha value is -0.860. The third-order valence-corrected chi connectivity index (χ3v) is 5.76. The van der Waals surface area contributed by atoms with E-state index in [-0.39, 0.29) is 5.41 Å². The van der Waals surface area contributed by atoms with Crippen LogP contribution < -0.4 is 5.32 Å². The molecule has 3 rings (SSSR count). The van der Waals surface area contributed by atoms with Crippen molar-refractivity contribution in [3.05, 3.63) is 35.4 Å². The molecule has 1 saturated carbocycles. The number of hydrogen-bond acceptors (Lipinski definition) is 2. The molecule has 1 aliphatic heterocycles. The molecule has 0 radical (unpaired) electrons. The number of nitrogens with zero attached hydrogens (tertiary/aromatic N) is 1. The molecule has 2 fully saturated rings. The largest absolute Gasteiger partial charge is 0.314 e. The highest BCUT2D eigenvalue weighted by Gasteiger charge is 2.31. The van der Waals surface area contributed by atoms with E-state index in [1.165, 1.54) is 50.8 Å². The second-order valence-electron chi connectivity index (χ2n) is 8.50. The molecular weight excluding hydrogens is 280 g/mol. The third kappa shape index (κ3) is 4.16. The topological polar surface area (TPSA) is 15.3 Å². The first kappa shape index (κ1) is 17.0. The first-order chi connectivity index (χ1) is 11.1. The summed E-state index contributed by atoms with van der Waals surface area (Å²) < 4.78 is 0. The second kappa shape index (κ2) is 7.36. The van der Waals surface area contributed by atoms with Gasteiger partial charge in [0, 0.05) is 32.2 Å². The highest BCUT2D eigenvalue weighted by Crippen LogP contribution is 2.39. The van der Waals surface area contributed by atoms with Crippen LogP contribution in [0.4, 0.5) is 0 Å².